The lowest BCUT2D eigenvalue weighted by atomic mass is 10.2. The summed E-state index contributed by atoms with van der Waals surface area (Å²) in [6.07, 6.45) is 3.03. The minimum Gasteiger partial charge on any atom is -0.365 e. The number of morpholine rings is 1. The van der Waals surface area contributed by atoms with Gasteiger partial charge in [0.15, 0.2) is 6.10 Å². The van der Waals surface area contributed by atoms with Crippen molar-refractivity contribution in [2.45, 2.75) is 6.10 Å². The largest absolute Gasteiger partial charge is 0.365 e. The van der Waals surface area contributed by atoms with Crippen molar-refractivity contribution >= 4 is 39.5 Å². The van der Waals surface area contributed by atoms with Crippen LogP contribution in [0.5, 0.6) is 0 Å². The van der Waals surface area contributed by atoms with Crippen LogP contribution in [0.1, 0.15) is 0 Å². The number of carbonyl (C=O) groups is 1. The summed E-state index contributed by atoms with van der Waals surface area (Å²) in [6.45, 7) is 3.39. The summed E-state index contributed by atoms with van der Waals surface area (Å²) in [6, 6.07) is 0. The Balaban J connectivity index is 1.64. The molecule has 1 aromatic rings. The van der Waals surface area contributed by atoms with Gasteiger partial charge in [-0.2, -0.15) is 11.8 Å². The molecule has 0 aliphatic carbocycles. The van der Waals surface area contributed by atoms with Gasteiger partial charge in [0.25, 0.3) is 5.91 Å². The molecule has 0 radical (unpaired) electrons. The third-order valence-corrected chi connectivity index (χ3v) is 4.91. The third-order valence-electron chi connectivity index (χ3n) is 3.55. The fraction of sp³-hybridized carbons (Fsp3) is 0.615. The van der Waals surface area contributed by atoms with Crippen LogP contribution in [0.25, 0.3) is 0 Å². The van der Waals surface area contributed by atoms with E-state index in [2.05, 4.69) is 25.9 Å². The van der Waals surface area contributed by atoms with Gasteiger partial charge in [-0.1, -0.05) is 0 Å². The van der Waals surface area contributed by atoms with E-state index in [9.17, 15) is 4.79 Å². The Morgan fingerprint density at radius 3 is 2.71 bits per heavy atom. The van der Waals surface area contributed by atoms with Crippen LogP contribution in [0, 0.1) is 0 Å². The minimum atomic E-state index is -0.408. The van der Waals surface area contributed by atoms with Gasteiger partial charge in [0.1, 0.15) is 0 Å². The molecule has 0 spiro atoms. The maximum atomic E-state index is 12.5. The Morgan fingerprint density at radius 1 is 1.29 bits per heavy atom. The van der Waals surface area contributed by atoms with Crippen LogP contribution in [0.4, 0.5) is 5.95 Å². The monoisotopic (exact) mass is 372 g/mol. The highest BCUT2D eigenvalue weighted by molar-refractivity contribution is 9.10. The number of aromatic nitrogens is 2. The Kier molecular flexibility index (Phi) is 4.97. The van der Waals surface area contributed by atoms with E-state index < -0.39 is 6.10 Å². The highest BCUT2D eigenvalue weighted by Gasteiger charge is 2.31. The first-order valence-electron chi connectivity index (χ1n) is 6.94. The molecule has 114 valence electrons. The summed E-state index contributed by atoms with van der Waals surface area (Å²) in [5.41, 5.74) is 0. The van der Waals surface area contributed by atoms with Crippen molar-refractivity contribution in [3.63, 3.8) is 0 Å². The number of rotatable bonds is 2. The molecule has 0 N–H and O–H groups in total. The molecule has 6 nitrogen and oxygen atoms in total. The van der Waals surface area contributed by atoms with Gasteiger partial charge in [-0.15, -0.1) is 0 Å². The molecule has 2 saturated heterocycles. The normalized spacial score (nSPS) is 23.2. The molecule has 0 aromatic carbocycles. The van der Waals surface area contributed by atoms with Gasteiger partial charge < -0.3 is 14.5 Å². The Labute approximate surface area is 136 Å². The lowest BCUT2D eigenvalue weighted by Gasteiger charge is -2.36. The van der Waals surface area contributed by atoms with Crippen molar-refractivity contribution in [1.82, 2.24) is 14.9 Å². The van der Waals surface area contributed by atoms with Crippen LogP contribution >= 0.6 is 27.7 Å². The highest BCUT2D eigenvalue weighted by atomic mass is 79.9. The van der Waals surface area contributed by atoms with Gasteiger partial charge in [-0.25, -0.2) is 9.97 Å². The predicted octanol–water partition coefficient (Wildman–Crippen LogP) is 1.02. The molecule has 1 amide bonds. The van der Waals surface area contributed by atoms with Crippen molar-refractivity contribution < 1.29 is 9.53 Å². The third kappa shape index (κ3) is 3.67. The first-order valence-corrected chi connectivity index (χ1v) is 8.89. The van der Waals surface area contributed by atoms with Gasteiger partial charge in [0, 0.05) is 43.5 Å². The number of ether oxygens (including phenoxy) is 1. The molecule has 1 aromatic heterocycles. The predicted molar refractivity (Wildman–Crippen MR) is 85.6 cm³/mol. The van der Waals surface area contributed by atoms with E-state index in [1.54, 1.807) is 12.4 Å². The second kappa shape index (κ2) is 6.93. The first kappa shape index (κ1) is 15.1. The van der Waals surface area contributed by atoms with E-state index in [0.29, 0.717) is 25.6 Å². The SMILES string of the molecule is O=C(C1CN(c2ncc(Br)cn2)CCO1)N1CCSCC1. The Hall–Kier alpha value is -0.860. The number of hydrogen-bond acceptors (Lipinski definition) is 6. The Bertz CT molecular complexity index is 495. The molecule has 0 saturated carbocycles. The average Bonchev–Trinajstić information content (AvgIpc) is 2.56. The summed E-state index contributed by atoms with van der Waals surface area (Å²) >= 11 is 5.22. The van der Waals surface area contributed by atoms with Crippen LogP contribution in [-0.4, -0.2) is 71.2 Å². The van der Waals surface area contributed by atoms with E-state index in [0.717, 1.165) is 29.1 Å². The molecule has 3 rings (SSSR count). The molecule has 2 aliphatic heterocycles. The lowest BCUT2D eigenvalue weighted by Crippen LogP contribution is -2.53. The van der Waals surface area contributed by atoms with E-state index in [1.807, 2.05) is 21.6 Å². The first-order chi connectivity index (χ1) is 10.2. The second-order valence-electron chi connectivity index (χ2n) is 4.94. The summed E-state index contributed by atoms with van der Waals surface area (Å²) < 4.78 is 6.51. The quantitative estimate of drug-likeness (QED) is 0.772. The minimum absolute atomic E-state index is 0.0945. The van der Waals surface area contributed by atoms with Crippen molar-refractivity contribution in [2.24, 2.45) is 0 Å². The van der Waals surface area contributed by atoms with Crippen molar-refractivity contribution in [3.05, 3.63) is 16.9 Å². The molecular formula is C13H17BrN4O2S. The maximum absolute atomic E-state index is 12.5. The average molecular weight is 373 g/mol. The topological polar surface area (TPSA) is 58.6 Å². The fourth-order valence-electron chi connectivity index (χ4n) is 2.44. The van der Waals surface area contributed by atoms with E-state index in [4.69, 9.17) is 4.74 Å². The van der Waals surface area contributed by atoms with Crippen LogP contribution in [0.3, 0.4) is 0 Å². The zero-order valence-electron chi connectivity index (χ0n) is 11.6. The fourth-order valence-corrected chi connectivity index (χ4v) is 3.54. The van der Waals surface area contributed by atoms with Crippen LogP contribution < -0.4 is 4.90 Å². The number of anilines is 1. The van der Waals surface area contributed by atoms with Crippen molar-refractivity contribution in [3.8, 4) is 0 Å². The standard InChI is InChI=1S/C13H17BrN4O2S/c14-10-7-15-13(16-8-10)18-1-4-20-11(9-18)12(19)17-2-5-21-6-3-17/h7-8,11H,1-6,9H2. The summed E-state index contributed by atoms with van der Waals surface area (Å²) in [4.78, 5) is 25.0. The number of nitrogens with zero attached hydrogens (tertiary/aromatic N) is 4. The van der Waals surface area contributed by atoms with Crippen LogP contribution in [0.15, 0.2) is 16.9 Å². The molecule has 2 aliphatic rings. The number of hydrogen-bond donors (Lipinski definition) is 0. The molecule has 1 atom stereocenters. The zero-order chi connectivity index (χ0) is 14.7. The zero-order valence-corrected chi connectivity index (χ0v) is 14.0. The van der Waals surface area contributed by atoms with Gasteiger partial charge in [0.2, 0.25) is 5.95 Å². The molecule has 2 fully saturated rings. The van der Waals surface area contributed by atoms with Gasteiger partial charge >= 0.3 is 0 Å². The molecular weight excluding hydrogens is 356 g/mol. The highest BCUT2D eigenvalue weighted by Crippen LogP contribution is 2.17. The second-order valence-corrected chi connectivity index (χ2v) is 7.08. The van der Waals surface area contributed by atoms with Gasteiger partial charge in [0.05, 0.1) is 17.6 Å². The molecule has 3 heterocycles. The van der Waals surface area contributed by atoms with Gasteiger partial charge in [-0.05, 0) is 15.9 Å². The van der Waals surface area contributed by atoms with Crippen LogP contribution in [-0.2, 0) is 9.53 Å². The number of amides is 1. The number of thioether (sulfide) groups is 1. The summed E-state index contributed by atoms with van der Waals surface area (Å²) in [7, 11) is 0. The number of carbonyl (C=O) groups excluding carboxylic acids is 1. The smallest absolute Gasteiger partial charge is 0.253 e. The van der Waals surface area contributed by atoms with Crippen molar-refractivity contribution in [2.75, 3.05) is 49.2 Å². The van der Waals surface area contributed by atoms with E-state index in [1.165, 1.54) is 0 Å². The maximum Gasteiger partial charge on any atom is 0.253 e. The number of halogens is 1. The van der Waals surface area contributed by atoms with E-state index in [-0.39, 0.29) is 5.91 Å². The summed E-state index contributed by atoms with van der Waals surface area (Å²) in [5.74, 6) is 2.77. The van der Waals surface area contributed by atoms with E-state index >= 15 is 0 Å². The lowest BCUT2D eigenvalue weighted by molar-refractivity contribution is -0.144. The van der Waals surface area contributed by atoms with Crippen molar-refractivity contribution in [1.29, 1.82) is 0 Å². The molecule has 8 heteroatoms. The molecule has 1 unspecified atom stereocenters. The Morgan fingerprint density at radius 2 is 2.00 bits per heavy atom. The van der Waals surface area contributed by atoms with Gasteiger partial charge in [-0.3, -0.25) is 4.79 Å². The van der Waals surface area contributed by atoms with Crippen LogP contribution in [0.2, 0.25) is 0 Å². The summed E-state index contributed by atoms with van der Waals surface area (Å²) in [5, 5.41) is 0. The molecule has 0 bridgehead atoms. The molecule has 21 heavy (non-hydrogen) atoms.